The molecule has 0 saturated carbocycles. The summed E-state index contributed by atoms with van der Waals surface area (Å²) in [5.41, 5.74) is 3.22. The van der Waals surface area contributed by atoms with Crippen LogP contribution >= 0.6 is 0 Å². The second-order valence-corrected chi connectivity index (χ2v) is 4.58. The molecule has 2 nitrogen and oxygen atoms in total. The predicted octanol–water partition coefficient (Wildman–Crippen LogP) is 3.63. The van der Waals surface area contributed by atoms with Crippen molar-refractivity contribution in [2.45, 2.75) is 27.2 Å². The minimum atomic E-state index is -0.989. The predicted molar refractivity (Wildman–Crippen MR) is 66.0 cm³/mol. The average molecular weight is 236 g/mol. The van der Waals surface area contributed by atoms with Gasteiger partial charge in [-0.05, 0) is 36.5 Å². The lowest BCUT2D eigenvalue weighted by atomic mass is 9.98. The smallest absolute Gasteiger partial charge is 0.250 e. The van der Waals surface area contributed by atoms with E-state index in [1.807, 2.05) is 19.1 Å². The first-order valence-corrected chi connectivity index (χ1v) is 5.62. The van der Waals surface area contributed by atoms with Crippen molar-refractivity contribution in [3.05, 3.63) is 41.0 Å². The van der Waals surface area contributed by atoms with E-state index in [0.29, 0.717) is 5.92 Å². The molecule has 0 fully saturated rings. The fourth-order valence-corrected chi connectivity index (χ4v) is 1.77. The van der Waals surface area contributed by atoms with Crippen molar-refractivity contribution in [2.75, 3.05) is 0 Å². The van der Waals surface area contributed by atoms with Crippen LogP contribution in [-0.4, -0.2) is 5.97 Å². The number of benzene rings is 1. The number of halogens is 1. The molecule has 0 atom stereocenters. The zero-order valence-electron chi connectivity index (χ0n) is 10.4. The van der Waals surface area contributed by atoms with Gasteiger partial charge in [0.1, 0.15) is 0 Å². The number of hydrogen-bond donors (Lipinski definition) is 0. The van der Waals surface area contributed by atoms with E-state index in [1.54, 1.807) is 6.08 Å². The average Bonchev–Trinajstić information content (AvgIpc) is 2.24. The lowest BCUT2D eigenvalue weighted by Crippen LogP contribution is -1.95. The van der Waals surface area contributed by atoms with Crippen LogP contribution in [0.5, 0.6) is 0 Å². The summed E-state index contributed by atoms with van der Waals surface area (Å²) in [5, 5.41) is 0. The largest absolute Gasteiger partial charge is 0.372 e. The molecule has 0 aliphatic carbocycles. The Bertz CT molecular complexity index is 422. The molecule has 0 unspecified atom stereocenters. The number of hydrogen-bond acceptors (Lipinski definition) is 2. The van der Waals surface area contributed by atoms with E-state index in [2.05, 4.69) is 24.9 Å². The summed E-state index contributed by atoms with van der Waals surface area (Å²) in [6.07, 6.45) is 3.61. The second kappa shape index (κ2) is 6.18. The molecule has 0 heterocycles. The zero-order valence-corrected chi connectivity index (χ0v) is 10.4. The standard InChI is InChI=1S/C14H17FO2/c1-10(2)6-13-8-11(3)7-12(9-13)4-5-14(16)17-15/h4-5,7-10H,6H2,1-3H3/b5-4+. The van der Waals surface area contributed by atoms with Crippen LogP contribution in [0.25, 0.3) is 6.08 Å². The van der Waals surface area contributed by atoms with E-state index < -0.39 is 5.97 Å². The number of carbonyl (C=O) groups excluding carboxylic acids is 1. The first kappa shape index (κ1) is 13.4. The molecule has 0 aromatic heterocycles. The Morgan fingerprint density at radius 1 is 1.41 bits per heavy atom. The van der Waals surface area contributed by atoms with Crippen molar-refractivity contribution in [1.29, 1.82) is 0 Å². The van der Waals surface area contributed by atoms with E-state index in [4.69, 9.17) is 0 Å². The SMILES string of the molecule is Cc1cc(/C=C/C(=O)OF)cc(CC(C)C)c1. The third kappa shape index (κ3) is 4.81. The van der Waals surface area contributed by atoms with Crippen molar-refractivity contribution in [2.24, 2.45) is 5.92 Å². The third-order valence-corrected chi connectivity index (χ3v) is 2.29. The number of carbonyl (C=O) groups is 1. The molecule has 0 N–H and O–H groups in total. The van der Waals surface area contributed by atoms with Crippen molar-refractivity contribution >= 4 is 12.0 Å². The summed E-state index contributed by atoms with van der Waals surface area (Å²) in [4.78, 5) is 13.7. The lowest BCUT2D eigenvalue weighted by Gasteiger charge is -2.07. The van der Waals surface area contributed by atoms with E-state index in [9.17, 15) is 9.32 Å². The van der Waals surface area contributed by atoms with Crippen molar-refractivity contribution in [3.8, 4) is 0 Å². The number of rotatable bonds is 4. The maximum atomic E-state index is 11.5. The van der Waals surface area contributed by atoms with Gasteiger partial charge in [-0.2, -0.15) is 0 Å². The van der Waals surface area contributed by atoms with E-state index in [0.717, 1.165) is 23.6 Å². The zero-order chi connectivity index (χ0) is 12.8. The molecule has 1 aromatic rings. The minimum absolute atomic E-state index is 0.574. The molecular formula is C14H17FO2. The maximum Gasteiger partial charge on any atom is 0.372 e. The molecule has 17 heavy (non-hydrogen) atoms. The van der Waals surface area contributed by atoms with Crippen LogP contribution < -0.4 is 0 Å². The van der Waals surface area contributed by atoms with Crippen LogP contribution in [0.4, 0.5) is 4.53 Å². The fraction of sp³-hybridized carbons (Fsp3) is 0.357. The first-order chi connectivity index (χ1) is 8.01. The van der Waals surface area contributed by atoms with Crippen molar-refractivity contribution in [3.63, 3.8) is 0 Å². The summed E-state index contributed by atoms with van der Waals surface area (Å²) in [5.74, 6) is -0.415. The quantitative estimate of drug-likeness (QED) is 0.746. The molecule has 1 aromatic carbocycles. The van der Waals surface area contributed by atoms with Crippen LogP contribution in [0.2, 0.25) is 0 Å². The van der Waals surface area contributed by atoms with Gasteiger partial charge in [-0.1, -0.05) is 37.6 Å². The molecule has 0 saturated heterocycles. The van der Waals surface area contributed by atoms with Crippen LogP contribution in [0.1, 0.15) is 30.5 Å². The second-order valence-electron chi connectivity index (χ2n) is 4.58. The summed E-state index contributed by atoms with van der Waals surface area (Å²) in [6.45, 7) is 6.30. The van der Waals surface area contributed by atoms with Gasteiger partial charge in [-0.3, -0.25) is 4.94 Å². The molecule has 1 rings (SSSR count). The van der Waals surface area contributed by atoms with Gasteiger partial charge in [0.25, 0.3) is 0 Å². The number of aryl methyl sites for hydroxylation is 1. The summed E-state index contributed by atoms with van der Waals surface area (Å²) < 4.78 is 11.5. The van der Waals surface area contributed by atoms with Crippen LogP contribution in [0, 0.1) is 12.8 Å². The highest BCUT2D eigenvalue weighted by Gasteiger charge is 2.01. The molecule has 0 radical (unpaired) electrons. The maximum absolute atomic E-state index is 11.5. The summed E-state index contributed by atoms with van der Waals surface area (Å²) in [6, 6.07) is 6.05. The van der Waals surface area contributed by atoms with Gasteiger partial charge in [-0.25, -0.2) is 4.79 Å². The van der Waals surface area contributed by atoms with E-state index in [1.165, 1.54) is 5.56 Å². The van der Waals surface area contributed by atoms with E-state index in [-0.39, 0.29) is 0 Å². The topological polar surface area (TPSA) is 26.3 Å². The van der Waals surface area contributed by atoms with Gasteiger partial charge in [0.15, 0.2) is 0 Å². The summed E-state index contributed by atoms with van der Waals surface area (Å²) >= 11 is 0. The van der Waals surface area contributed by atoms with Crippen LogP contribution in [0.15, 0.2) is 24.3 Å². The Morgan fingerprint density at radius 2 is 2.12 bits per heavy atom. The van der Waals surface area contributed by atoms with Gasteiger partial charge in [-0.15, -0.1) is 0 Å². The Kier molecular flexibility index (Phi) is 4.88. The Labute approximate surface area is 101 Å². The third-order valence-electron chi connectivity index (χ3n) is 2.29. The van der Waals surface area contributed by atoms with Gasteiger partial charge in [0, 0.05) is 10.6 Å². The molecular weight excluding hydrogens is 219 g/mol. The van der Waals surface area contributed by atoms with E-state index >= 15 is 0 Å². The van der Waals surface area contributed by atoms with Gasteiger partial charge >= 0.3 is 5.97 Å². The molecule has 0 aliphatic heterocycles. The minimum Gasteiger partial charge on any atom is -0.250 e. The summed E-state index contributed by atoms with van der Waals surface area (Å²) in [7, 11) is 0. The molecule has 3 heteroatoms. The van der Waals surface area contributed by atoms with Crippen LogP contribution in [-0.2, 0) is 16.2 Å². The van der Waals surface area contributed by atoms with Gasteiger partial charge < -0.3 is 0 Å². The molecule has 0 amide bonds. The molecule has 92 valence electrons. The van der Waals surface area contributed by atoms with Gasteiger partial charge in [0.2, 0.25) is 0 Å². The van der Waals surface area contributed by atoms with Gasteiger partial charge in [0.05, 0.1) is 0 Å². The molecule has 0 spiro atoms. The fourth-order valence-electron chi connectivity index (χ4n) is 1.77. The Balaban J connectivity index is 2.89. The monoisotopic (exact) mass is 236 g/mol. The highest BCUT2D eigenvalue weighted by molar-refractivity contribution is 5.86. The lowest BCUT2D eigenvalue weighted by molar-refractivity contribution is -0.176. The van der Waals surface area contributed by atoms with Crippen LogP contribution in [0.3, 0.4) is 0 Å². The van der Waals surface area contributed by atoms with Crippen molar-refractivity contribution in [1.82, 2.24) is 0 Å². The first-order valence-electron chi connectivity index (χ1n) is 5.62. The highest BCUT2D eigenvalue weighted by atomic mass is 19.3. The molecule has 0 bridgehead atoms. The molecule has 0 aliphatic rings. The Hall–Kier alpha value is -1.64. The normalized spacial score (nSPS) is 11.1. The van der Waals surface area contributed by atoms with Crippen molar-refractivity contribution < 1.29 is 14.3 Å². The highest BCUT2D eigenvalue weighted by Crippen LogP contribution is 2.15. The Morgan fingerprint density at radius 3 is 2.71 bits per heavy atom.